The minimum absolute atomic E-state index is 0.109. The SMILES string of the molecule is CC(C)(CCc1ccccc1)Nc1nc(Cl)ccc1N. The van der Waals surface area contributed by atoms with E-state index in [1.807, 2.05) is 6.07 Å². The van der Waals surface area contributed by atoms with Gasteiger partial charge in [0, 0.05) is 5.54 Å². The van der Waals surface area contributed by atoms with Crippen LogP contribution in [0, 0.1) is 0 Å². The highest BCUT2D eigenvalue weighted by Gasteiger charge is 2.19. The third-order valence-corrected chi connectivity index (χ3v) is 3.44. The number of halogens is 1. The van der Waals surface area contributed by atoms with Gasteiger partial charge in [-0.1, -0.05) is 41.9 Å². The Morgan fingerprint density at radius 2 is 1.85 bits per heavy atom. The zero-order valence-electron chi connectivity index (χ0n) is 11.9. The van der Waals surface area contributed by atoms with Crippen molar-refractivity contribution in [2.24, 2.45) is 0 Å². The number of aromatic nitrogens is 1. The van der Waals surface area contributed by atoms with Gasteiger partial charge < -0.3 is 11.1 Å². The zero-order valence-corrected chi connectivity index (χ0v) is 12.6. The van der Waals surface area contributed by atoms with Gasteiger partial charge >= 0.3 is 0 Å². The summed E-state index contributed by atoms with van der Waals surface area (Å²) >= 11 is 5.91. The molecule has 20 heavy (non-hydrogen) atoms. The Balaban J connectivity index is 2.01. The van der Waals surface area contributed by atoms with Gasteiger partial charge in [0.2, 0.25) is 0 Å². The topological polar surface area (TPSA) is 50.9 Å². The molecular formula is C16H20ClN3. The van der Waals surface area contributed by atoms with E-state index in [-0.39, 0.29) is 5.54 Å². The van der Waals surface area contributed by atoms with Crippen LogP contribution < -0.4 is 11.1 Å². The van der Waals surface area contributed by atoms with Gasteiger partial charge in [0.25, 0.3) is 0 Å². The van der Waals surface area contributed by atoms with Gasteiger partial charge in [-0.15, -0.1) is 0 Å². The molecule has 0 atom stereocenters. The van der Waals surface area contributed by atoms with E-state index in [2.05, 4.69) is 48.4 Å². The lowest BCUT2D eigenvalue weighted by Crippen LogP contribution is -2.32. The van der Waals surface area contributed by atoms with E-state index in [9.17, 15) is 0 Å². The van der Waals surface area contributed by atoms with Gasteiger partial charge in [0.15, 0.2) is 5.82 Å². The molecule has 4 heteroatoms. The van der Waals surface area contributed by atoms with Gasteiger partial charge in [0.05, 0.1) is 5.69 Å². The molecule has 0 unspecified atom stereocenters. The summed E-state index contributed by atoms with van der Waals surface area (Å²) in [7, 11) is 0. The summed E-state index contributed by atoms with van der Waals surface area (Å²) in [6.07, 6.45) is 1.98. The van der Waals surface area contributed by atoms with Crippen molar-refractivity contribution in [2.45, 2.75) is 32.2 Å². The first kappa shape index (κ1) is 14.7. The van der Waals surface area contributed by atoms with Crippen molar-refractivity contribution >= 4 is 23.1 Å². The average Bonchev–Trinajstić information content (AvgIpc) is 2.42. The lowest BCUT2D eigenvalue weighted by atomic mass is 9.95. The normalized spacial score (nSPS) is 11.3. The Morgan fingerprint density at radius 1 is 1.15 bits per heavy atom. The lowest BCUT2D eigenvalue weighted by molar-refractivity contribution is 0.517. The van der Waals surface area contributed by atoms with Crippen LogP contribution in [0.2, 0.25) is 5.15 Å². The summed E-state index contributed by atoms with van der Waals surface area (Å²) in [6.45, 7) is 4.27. The first-order valence-corrected chi connectivity index (χ1v) is 7.08. The third kappa shape index (κ3) is 4.14. The molecule has 0 bridgehead atoms. The van der Waals surface area contributed by atoms with Crippen LogP contribution in [0.4, 0.5) is 11.5 Å². The fourth-order valence-electron chi connectivity index (χ4n) is 2.03. The highest BCUT2D eigenvalue weighted by molar-refractivity contribution is 6.29. The summed E-state index contributed by atoms with van der Waals surface area (Å²) in [5, 5.41) is 3.82. The molecule has 0 amide bonds. The summed E-state index contributed by atoms with van der Waals surface area (Å²) < 4.78 is 0. The fraction of sp³-hybridized carbons (Fsp3) is 0.312. The first-order chi connectivity index (χ1) is 9.46. The molecule has 106 valence electrons. The number of hydrogen-bond donors (Lipinski definition) is 2. The van der Waals surface area contributed by atoms with Crippen LogP contribution in [0.25, 0.3) is 0 Å². The van der Waals surface area contributed by atoms with Crippen molar-refractivity contribution in [1.82, 2.24) is 4.98 Å². The summed E-state index contributed by atoms with van der Waals surface area (Å²) in [4.78, 5) is 4.24. The molecular weight excluding hydrogens is 270 g/mol. The second kappa shape index (κ2) is 6.14. The number of aryl methyl sites for hydroxylation is 1. The Hall–Kier alpha value is -1.74. The lowest BCUT2D eigenvalue weighted by Gasteiger charge is -2.27. The molecule has 0 aliphatic carbocycles. The van der Waals surface area contributed by atoms with Crippen molar-refractivity contribution in [3.05, 3.63) is 53.2 Å². The standard InChI is InChI=1S/C16H20ClN3/c1-16(2,11-10-12-6-4-3-5-7-12)20-15-13(18)8-9-14(17)19-15/h3-9H,10-11,18H2,1-2H3,(H,19,20). The van der Waals surface area contributed by atoms with E-state index < -0.39 is 0 Å². The van der Waals surface area contributed by atoms with Crippen molar-refractivity contribution < 1.29 is 0 Å². The number of nitrogens with two attached hydrogens (primary N) is 1. The second-order valence-corrected chi connectivity index (χ2v) is 5.95. The Labute approximate surface area is 125 Å². The Bertz CT molecular complexity index is 567. The maximum Gasteiger partial charge on any atom is 0.151 e. The Morgan fingerprint density at radius 3 is 2.55 bits per heavy atom. The maximum absolute atomic E-state index is 5.92. The smallest absolute Gasteiger partial charge is 0.151 e. The molecule has 0 aliphatic rings. The first-order valence-electron chi connectivity index (χ1n) is 6.70. The second-order valence-electron chi connectivity index (χ2n) is 5.57. The van der Waals surface area contributed by atoms with Crippen LogP contribution in [-0.4, -0.2) is 10.5 Å². The predicted octanol–water partition coefficient (Wildman–Crippen LogP) is 4.14. The largest absolute Gasteiger partial charge is 0.396 e. The number of pyridine rings is 1. The van der Waals surface area contributed by atoms with Crippen molar-refractivity contribution in [1.29, 1.82) is 0 Å². The molecule has 1 aromatic carbocycles. The Kier molecular flexibility index (Phi) is 4.50. The van der Waals surface area contributed by atoms with E-state index in [0.29, 0.717) is 16.7 Å². The molecule has 2 aromatic rings. The van der Waals surface area contributed by atoms with E-state index in [1.165, 1.54) is 5.56 Å². The number of nitrogen functional groups attached to an aromatic ring is 1. The number of anilines is 2. The van der Waals surface area contributed by atoms with Crippen molar-refractivity contribution in [2.75, 3.05) is 11.1 Å². The summed E-state index contributed by atoms with van der Waals surface area (Å²) in [5.74, 6) is 0.649. The van der Waals surface area contributed by atoms with Crippen LogP contribution in [0.15, 0.2) is 42.5 Å². The van der Waals surface area contributed by atoms with E-state index in [0.717, 1.165) is 12.8 Å². The van der Waals surface area contributed by atoms with Gasteiger partial charge in [-0.25, -0.2) is 4.98 Å². The number of nitrogens with zero attached hydrogens (tertiary/aromatic N) is 1. The van der Waals surface area contributed by atoms with Crippen LogP contribution in [0.5, 0.6) is 0 Å². The van der Waals surface area contributed by atoms with Crippen LogP contribution in [-0.2, 0) is 6.42 Å². The minimum Gasteiger partial charge on any atom is -0.396 e. The molecule has 0 radical (unpaired) electrons. The van der Waals surface area contributed by atoms with Crippen molar-refractivity contribution in [3.8, 4) is 0 Å². The van der Waals surface area contributed by atoms with E-state index in [1.54, 1.807) is 12.1 Å². The quantitative estimate of drug-likeness (QED) is 0.813. The minimum atomic E-state index is -0.109. The fourth-order valence-corrected chi connectivity index (χ4v) is 2.18. The number of benzene rings is 1. The molecule has 1 aromatic heterocycles. The summed E-state index contributed by atoms with van der Waals surface area (Å²) in [5.41, 5.74) is 7.75. The van der Waals surface area contributed by atoms with Crippen LogP contribution in [0.3, 0.4) is 0 Å². The van der Waals surface area contributed by atoms with E-state index in [4.69, 9.17) is 17.3 Å². The highest BCUT2D eigenvalue weighted by atomic mass is 35.5. The molecule has 0 saturated heterocycles. The van der Waals surface area contributed by atoms with E-state index >= 15 is 0 Å². The molecule has 0 spiro atoms. The molecule has 3 N–H and O–H groups in total. The van der Waals surface area contributed by atoms with Crippen LogP contribution >= 0.6 is 11.6 Å². The molecule has 0 fully saturated rings. The van der Waals surface area contributed by atoms with Crippen LogP contribution in [0.1, 0.15) is 25.8 Å². The highest BCUT2D eigenvalue weighted by Crippen LogP contribution is 2.24. The molecule has 0 saturated carbocycles. The summed E-state index contributed by atoms with van der Waals surface area (Å²) in [6, 6.07) is 13.9. The molecule has 2 rings (SSSR count). The number of hydrogen-bond acceptors (Lipinski definition) is 3. The average molecular weight is 290 g/mol. The van der Waals surface area contributed by atoms with Gasteiger partial charge in [0.1, 0.15) is 5.15 Å². The van der Waals surface area contributed by atoms with Gasteiger partial charge in [-0.3, -0.25) is 0 Å². The number of rotatable bonds is 5. The number of nitrogens with one attached hydrogen (secondary N) is 1. The molecule has 0 aliphatic heterocycles. The van der Waals surface area contributed by atoms with Gasteiger partial charge in [-0.05, 0) is 44.4 Å². The zero-order chi connectivity index (χ0) is 14.6. The van der Waals surface area contributed by atoms with Crippen molar-refractivity contribution in [3.63, 3.8) is 0 Å². The molecule has 3 nitrogen and oxygen atoms in total. The molecule has 1 heterocycles. The maximum atomic E-state index is 5.92. The van der Waals surface area contributed by atoms with Gasteiger partial charge in [-0.2, -0.15) is 0 Å². The third-order valence-electron chi connectivity index (χ3n) is 3.23. The predicted molar refractivity (Wildman–Crippen MR) is 86.1 cm³/mol. The monoisotopic (exact) mass is 289 g/mol.